The number of allylic oxidation sites excluding steroid dienone is 2. The van der Waals surface area contributed by atoms with Crippen molar-refractivity contribution >= 4 is 18.5 Å². The summed E-state index contributed by atoms with van der Waals surface area (Å²) < 4.78 is 12.9. The lowest BCUT2D eigenvalue weighted by molar-refractivity contribution is -0.0118. The van der Waals surface area contributed by atoms with E-state index in [-0.39, 0.29) is 30.3 Å². The van der Waals surface area contributed by atoms with Gasteiger partial charge in [0, 0.05) is 17.3 Å². The number of fused-ring (bicyclic) bond motifs is 3. The first-order valence-corrected chi connectivity index (χ1v) is 12.7. The molecule has 1 fully saturated rings. The van der Waals surface area contributed by atoms with E-state index in [9.17, 15) is 0 Å². The fourth-order valence-electron chi connectivity index (χ4n) is 5.71. The molecule has 3 unspecified atom stereocenters. The lowest BCUT2D eigenvalue weighted by atomic mass is 9.72. The molecule has 176 valence electrons. The van der Waals surface area contributed by atoms with Crippen LogP contribution in [0.15, 0.2) is 103 Å². The normalized spacial score (nSPS) is 26.5. The summed E-state index contributed by atoms with van der Waals surface area (Å²) >= 11 is 0. The maximum Gasteiger partial charge on any atom is 0.494 e. The zero-order valence-corrected chi connectivity index (χ0v) is 20.9. The van der Waals surface area contributed by atoms with Gasteiger partial charge < -0.3 is 14.2 Å². The molecule has 4 heteroatoms. The summed E-state index contributed by atoms with van der Waals surface area (Å²) in [6.07, 6.45) is 7.81. The predicted molar refractivity (Wildman–Crippen MR) is 145 cm³/mol. The van der Waals surface area contributed by atoms with E-state index in [2.05, 4.69) is 130 Å². The summed E-state index contributed by atoms with van der Waals surface area (Å²) in [4.78, 5) is 2.47. The van der Waals surface area contributed by atoms with Crippen LogP contribution >= 0.6 is 0 Å². The van der Waals surface area contributed by atoms with E-state index in [0.717, 1.165) is 11.9 Å². The van der Waals surface area contributed by atoms with Crippen molar-refractivity contribution in [1.82, 2.24) is 0 Å². The van der Waals surface area contributed by atoms with E-state index in [4.69, 9.17) is 9.31 Å². The molecule has 3 atom stereocenters. The fourth-order valence-corrected chi connectivity index (χ4v) is 5.71. The van der Waals surface area contributed by atoms with Gasteiger partial charge in [-0.15, -0.1) is 0 Å². The van der Waals surface area contributed by atoms with Crippen LogP contribution in [-0.2, 0) is 9.31 Å². The minimum atomic E-state index is -0.335. The van der Waals surface area contributed by atoms with Crippen LogP contribution in [0.5, 0.6) is 0 Å². The molecule has 0 aromatic heterocycles. The molecule has 3 nitrogen and oxygen atoms in total. The van der Waals surface area contributed by atoms with Gasteiger partial charge in [-0.1, -0.05) is 85.8 Å². The van der Waals surface area contributed by atoms with E-state index >= 15 is 0 Å². The summed E-state index contributed by atoms with van der Waals surface area (Å²) in [5.74, 6) is 0.254. The van der Waals surface area contributed by atoms with Crippen molar-refractivity contribution < 1.29 is 9.31 Å². The number of anilines is 2. The van der Waals surface area contributed by atoms with Gasteiger partial charge in [-0.25, -0.2) is 0 Å². The van der Waals surface area contributed by atoms with E-state index in [1.54, 1.807) is 0 Å². The summed E-state index contributed by atoms with van der Waals surface area (Å²) in [6.45, 7) is 8.60. The van der Waals surface area contributed by atoms with Crippen LogP contribution in [0.4, 0.5) is 11.4 Å². The molecule has 35 heavy (non-hydrogen) atoms. The van der Waals surface area contributed by atoms with E-state index in [0.29, 0.717) is 0 Å². The van der Waals surface area contributed by atoms with Gasteiger partial charge in [0.2, 0.25) is 0 Å². The Morgan fingerprint density at radius 3 is 2.23 bits per heavy atom. The predicted octanol–water partition coefficient (Wildman–Crippen LogP) is 7.48. The Morgan fingerprint density at radius 2 is 1.51 bits per heavy atom. The first kappa shape index (κ1) is 22.4. The second-order valence-corrected chi connectivity index (χ2v) is 10.5. The number of nitrogens with zero attached hydrogens (tertiary/aromatic N) is 1. The Hall–Kier alpha value is -3.08. The molecule has 3 aromatic carbocycles. The first-order valence-electron chi connectivity index (χ1n) is 12.7. The third-order valence-corrected chi connectivity index (χ3v) is 8.32. The Labute approximate surface area is 209 Å². The quantitative estimate of drug-likeness (QED) is 0.376. The monoisotopic (exact) mass is 461 g/mol. The zero-order valence-electron chi connectivity index (χ0n) is 20.9. The van der Waals surface area contributed by atoms with E-state index in [1.807, 2.05) is 0 Å². The average Bonchev–Trinajstić information content (AvgIpc) is 3.35. The van der Waals surface area contributed by atoms with Gasteiger partial charge in [0.1, 0.15) is 0 Å². The van der Waals surface area contributed by atoms with Gasteiger partial charge in [0.15, 0.2) is 0 Å². The largest absolute Gasteiger partial charge is 0.494 e. The molecule has 1 saturated heterocycles. The van der Waals surface area contributed by atoms with Crippen molar-refractivity contribution in [2.24, 2.45) is 0 Å². The SMILES string of the molecule is CCC1(C)OB(C2=CC3c4ccccc4N(c4ccc(-c5ccccc5)cc4)C3C=C2)OC1(C)C. The van der Waals surface area contributed by atoms with Crippen molar-refractivity contribution in [3.8, 4) is 11.1 Å². The second kappa shape index (κ2) is 8.25. The van der Waals surface area contributed by atoms with Gasteiger partial charge in [-0.05, 0) is 67.6 Å². The summed E-state index contributed by atoms with van der Waals surface area (Å²) in [5, 5.41) is 0. The van der Waals surface area contributed by atoms with Crippen LogP contribution in [0, 0.1) is 0 Å². The Bertz CT molecular complexity index is 1300. The maximum atomic E-state index is 6.50. The summed E-state index contributed by atoms with van der Waals surface area (Å²) in [5.41, 5.74) is 6.78. The minimum Gasteiger partial charge on any atom is -0.399 e. The molecule has 0 saturated carbocycles. The highest BCUT2D eigenvalue weighted by molar-refractivity contribution is 6.55. The van der Waals surface area contributed by atoms with Crippen LogP contribution in [0.3, 0.4) is 0 Å². The number of hydrogen-bond donors (Lipinski definition) is 0. The third-order valence-electron chi connectivity index (χ3n) is 8.32. The Kier molecular flexibility index (Phi) is 5.28. The Morgan fingerprint density at radius 1 is 0.829 bits per heavy atom. The summed E-state index contributed by atoms with van der Waals surface area (Å²) in [6, 6.07) is 28.5. The molecule has 0 amide bonds. The molecule has 3 aromatic rings. The van der Waals surface area contributed by atoms with Crippen LogP contribution in [0.25, 0.3) is 11.1 Å². The molecule has 0 radical (unpaired) electrons. The molecule has 0 spiro atoms. The molecule has 2 aliphatic heterocycles. The highest BCUT2D eigenvalue weighted by Gasteiger charge is 2.54. The van der Waals surface area contributed by atoms with Crippen molar-refractivity contribution in [3.05, 3.63) is 108 Å². The van der Waals surface area contributed by atoms with Crippen LogP contribution < -0.4 is 4.90 Å². The van der Waals surface area contributed by atoms with Crippen molar-refractivity contribution in [1.29, 1.82) is 0 Å². The van der Waals surface area contributed by atoms with Crippen molar-refractivity contribution in [2.75, 3.05) is 4.90 Å². The van der Waals surface area contributed by atoms with Crippen molar-refractivity contribution in [2.45, 2.75) is 57.3 Å². The molecule has 6 rings (SSSR count). The van der Waals surface area contributed by atoms with Crippen LogP contribution in [0.2, 0.25) is 0 Å². The second-order valence-electron chi connectivity index (χ2n) is 10.5. The standard InChI is InChI=1S/C31H32BNO2/c1-5-31(4)30(2,3)34-32(35-31)24-17-20-29-27(21-24)26-13-9-10-14-28(26)33(29)25-18-15-23(16-19-25)22-11-7-6-8-12-22/h6-21,27,29H,5H2,1-4H3. The highest BCUT2D eigenvalue weighted by Crippen LogP contribution is 2.49. The number of benzene rings is 3. The fraction of sp³-hybridized carbons (Fsp3) is 0.290. The van der Waals surface area contributed by atoms with Gasteiger partial charge >= 0.3 is 7.12 Å². The van der Waals surface area contributed by atoms with Crippen molar-refractivity contribution in [3.63, 3.8) is 0 Å². The van der Waals surface area contributed by atoms with Crippen LogP contribution in [-0.4, -0.2) is 24.4 Å². The molecule has 2 heterocycles. The smallest absolute Gasteiger partial charge is 0.399 e. The number of rotatable bonds is 4. The molecule has 0 N–H and O–H groups in total. The van der Waals surface area contributed by atoms with Gasteiger partial charge in [0.25, 0.3) is 0 Å². The summed E-state index contributed by atoms with van der Waals surface area (Å²) in [7, 11) is -0.335. The zero-order chi connectivity index (χ0) is 24.2. The van der Waals surface area contributed by atoms with E-state index in [1.165, 1.54) is 28.1 Å². The lowest BCUT2D eigenvalue weighted by Gasteiger charge is -2.35. The van der Waals surface area contributed by atoms with E-state index < -0.39 is 0 Å². The molecule has 1 aliphatic carbocycles. The van der Waals surface area contributed by atoms with Crippen LogP contribution in [0.1, 0.15) is 45.6 Å². The third kappa shape index (κ3) is 3.59. The molecular formula is C31H32BNO2. The van der Waals surface area contributed by atoms with Gasteiger partial charge in [0.05, 0.1) is 17.2 Å². The van der Waals surface area contributed by atoms with Gasteiger partial charge in [-0.2, -0.15) is 0 Å². The lowest BCUT2D eigenvalue weighted by Crippen LogP contribution is -2.44. The molecule has 0 bridgehead atoms. The number of para-hydroxylation sites is 1. The van der Waals surface area contributed by atoms with Gasteiger partial charge in [-0.3, -0.25) is 0 Å². The minimum absolute atomic E-state index is 0.227. The highest BCUT2D eigenvalue weighted by atomic mass is 16.7. The number of hydrogen-bond acceptors (Lipinski definition) is 3. The first-order chi connectivity index (χ1) is 16.9. The average molecular weight is 461 g/mol. The Balaban J connectivity index is 1.33. The maximum absolute atomic E-state index is 6.50. The topological polar surface area (TPSA) is 21.7 Å². The molecule has 3 aliphatic rings. The molecular weight excluding hydrogens is 429 g/mol.